The highest BCUT2D eigenvalue weighted by Gasteiger charge is 2.26. The maximum Gasteiger partial charge on any atom is 0.239 e. The van der Waals surface area contributed by atoms with Gasteiger partial charge in [-0.3, -0.25) is 14.3 Å². The van der Waals surface area contributed by atoms with Gasteiger partial charge >= 0.3 is 0 Å². The third kappa shape index (κ3) is 3.49. The standard InChI is InChI=1S/C20H20ClN7O/c1-23-17-18(21)25-20(26-19(17)28(12-29)14-5-3-2-4-6-14)27-11-24-15-8-7-13(10-22)9-16(15)27/h7-9,11-12,14,23H,2-6H2,1H3. The van der Waals surface area contributed by atoms with Crippen molar-refractivity contribution in [1.29, 1.82) is 5.26 Å². The Kier molecular flexibility index (Phi) is 5.32. The highest BCUT2D eigenvalue weighted by molar-refractivity contribution is 6.32. The van der Waals surface area contributed by atoms with Gasteiger partial charge in [-0.2, -0.15) is 15.2 Å². The minimum Gasteiger partial charge on any atom is -0.383 e. The minimum atomic E-state index is 0.0805. The molecule has 4 rings (SSSR count). The summed E-state index contributed by atoms with van der Waals surface area (Å²) < 4.78 is 1.68. The molecule has 1 amide bonds. The number of aromatic nitrogens is 4. The van der Waals surface area contributed by atoms with Crippen LogP contribution in [0.1, 0.15) is 37.7 Å². The first-order valence-electron chi connectivity index (χ1n) is 9.52. The summed E-state index contributed by atoms with van der Waals surface area (Å²) in [4.78, 5) is 27.1. The molecule has 0 radical (unpaired) electrons. The van der Waals surface area contributed by atoms with Gasteiger partial charge < -0.3 is 5.32 Å². The molecule has 8 nitrogen and oxygen atoms in total. The number of amides is 1. The number of rotatable bonds is 5. The van der Waals surface area contributed by atoms with Crippen LogP contribution in [-0.2, 0) is 4.79 Å². The molecule has 1 N–H and O–H groups in total. The Hall–Kier alpha value is -3.18. The van der Waals surface area contributed by atoms with E-state index in [0.717, 1.165) is 32.1 Å². The second-order valence-corrected chi connectivity index (χ2v) is 7.36. The molecule has 148 valence electrons. The molecule has 0 saturated heterocycles. The molecule has 0 aliphatic heterocycles. The average molecular weight is 410 g/mol. The number of fused-ring (bicyclic) bond motifs is 1. The number of benzene rings is 1. The topological polar surface area (TPSA) is 99.7 Å². The van der Waals surface area contributed by atoms with Crippen LogP contribution in [0.4, 0.5) is 11.5 Å². The van der Waals surface area contributed by atoms with Crippen LogP contribution in [0.25, 0.3) is 17.0 Å². The number of nitrogens with one attached hydrogen (secondary N) is 1. The number of carbonyl (C=O) groups excluding carboxylic acids is 1. The van der Waals surface area contributed by atoms with E-state index in [0.29, 0.717) is 34.1 Å². The summed E-state index contributed by atoms with van der Waals surface area (Å²) in [6.07, 6.45) is 7.61. The van der Waals surface area contributed by atoms with Crippen LogP contribution in [-0.4, -0.2) is 39.0 Å². The van der Waals surface area contributed by atoms with Crippen molar-refractivity contribution in [2.45, 2.75) is 38.1 Å². The Labute approximate surface area is 173 Å². The molecule has 2 heterocycles. The number of nitrogens with zero attached hydrogens (tertiary/aromatic N) is 6. The fraction of sp³-hybridized carbons (Fsp3) is 0.350. The lowest BCUT2D eigenvalue weighted by Crippen LogP contribution is -2.37. The van der Waals surface area contributed by atoms with E-state index in [1.807, 2.05) is 0 Å². The van der Waals surface area contributed by atoms with Crippen molar-refractivity contribution in [2.24, 2.45) is 0 Å². The summed E-state index contributed by atoms with van der Waals surface area (Å²) in [6.45, 7) is 0. The smallest absolute Gasteiger partial charge is 0.239 e. The van der Waals surface area contributed by atoms with Gasteiger partial charge in [-0.15, -0.1) is 0 Å². The average Bonchev–Trinajstić information content (AvgIpc) is 3.18. The molecule has 1 aliphatic carbocycles. The first kappa shape index (κ1) is 19.2. The van der Waals surface area contributed by atoms with Gasteiger partial charge in [0, 0.05) is 13.1 Å². The molecule has 1 aromatic carbocycles. The zero-order valence-corrected chi connectivity index (χ0v) is 16.7. The number of hydrogen-bond acceptors (Lipinski definition) is 6. The Morgan fingerprint density at radius 2 is 2.10 bits per heavy atom. The number of halogens is 1. The van der Waals surface area contributed by atoms with Gasteiger partial charge in [0.15, 0.2) is 11.0 Å². The van der Waals surface area contributed by atoms with E-state index in [9.17, 15) is 10.1 Å². The quantitative estimate of drug-likeness (QED) is 0.509. The van der Waals surface area contributed by atoms with Gasteiger partial charge in [-0.1, -0.05) is 30.9 Å². The third-order valence-electron chi connectivity index (χ3n) is 5.30. The summed E-state index contributed by atoms with van der Waals surface area (Å²) in [6, 6.07) is 7.41. The highest BCUT2D eigenvalue weighted by Crippen LogP contribution is 2.34. The van der Waals surface area contributed by atoms with Crippen molar-refractivity contribution in [2.75, 3.05) is 17.3 Å². The summed E-state index contributed by atoms with van der Waals surface area (Å²) in [5, 5.41) is 12.5. The maximum atomic E-state index is 12.0. The molecule has 1 saturated carbocycles. The number of hydrogen-bond donors (Lipinski definition) is 1. The van der Waals surface area contributed by atoms with E-state index < -0.39 is 0 Å². The molecular weight excluding hydrogens is 390 g/mol. The van der Waals surface area contributed by atoms with Crippen molar-refractivity contribution in [3.05, 3.63) is 35.2 Å². The van der Waals surface area contributed by atoms with Crippen LogP contribution in [0.3, 0.4) is 0 Å². The lowest BCUT2D eigenvalue weighted by molar-refractivity contribution is -0.108. The molecule has 0 bridgehead atoms. The minimum absolute atomic E-state index is 0.0805. The van der Waals surface area contributed by atoms with Crippen LogP contribution < -0.4 is 10.2 Å². The van der Waals surface area contributed by atoms with Gasteiger partial charge in [0.2, 0.25) is 12.4 Å². The van der Waals surface area contributed by atoms with Crippen LogP contribution in [0, 0.1) is 11.3 Å². The first-order valence-corrected chi connectivity index (χ1v) is 9.90. The van der Waals surface area contributed by atoms with Gasteiger partial charge in [0.05, 0.1) is 22.7 Å². The van der Waals surface area contributed by atoms with Crippen LogP contribution in [0.15, 0.2) is 24.5 Å². The molecule has 1 fully saturated rings. The summed E-state index contributed by atoms with van der Waals surface area (Å²) in [5.41, 5.74) is 2.42. The van der Waals surface area contributed by atoms with E-state index in [4.69, 9.17) is 11.6 Å². The number of imidazole rings is 1. The van der Waals surface area contributed by atoms with Crippen LogP contribution >= 0.6 is 11.6 Å². The van der Waals surface area contributed by atoms with Gasteiger partial charge in [0.1, 0.15) is 12.0 Å². The second-order valence-electron chi connectivity index (χ2n) is 7.00. The van der Waals surface area contributed by atoms with E-state index in [1.165, 1.54) is 6.42 Å². The predicted octanol–water partition coefficient (Wildman–Crippen LogP) is 3.68. The normalized spacial score (nSPS) is 14.5. The molecule has 0 unspecified atom stereocenters. The van der Waals surface area contributed by atoms with Crippen LogP contribution in [0.5, 0.6) is 0 Å². The van der Waals surface area contributed by atoms with E-state index in [1.54, 1.807) is 41.0 Å². The predicted molar refractivity (Wildman–Crippen MR) is 111 cm³/mol. The van der Waals surface area contributed by atoms with Crippen molar-refractivity contribution in [3.8, 4) is 12.0 Å². The zero-order valence-electron chi connectivity index (χ0n) is 16.0. The Morgan fingerprint density at radius 3 is 2.79 bits per heavy atom. The highest BCUT2D eigenvalue weighted by atomic mass is 35.5. The monoisotopic (exact) mass is 409 g/mol. The number of anilines is 2. The SMILES string of the molecule is CNc1c(Cl)nc(-n2cnc3ccc(C#N)cc32)nc1N(C=O)C1CCCCC1. The van der Waals surface area contributed by atoms with Crippen molar-refractivity contribution >= 4 is 40.5 Å². The Bertz CT molecular complexity index is 1100. The largest absolute Gasteiger partial charge is 0.383 e. The van der Waals surface area contributed by atoms with Crippen molar-refractivity contribution < 1.29 is 4.79 Å². The Morgan fingerprint density at radius 1 is 1.31 bits per heavy atom. The fourth-order valence-electron chi connectivity index (χ4n) is 3.83. The fourth-order valence-corrected chi connectivity index (χ4v) is 4.08. The second kappa shape index (κ2) is 8.05. The van der Waals surface area contributed by atoms with Crippen molar-refractivity contribution in [1.82, 2.24) is 19.5 Å². The van der Waals surface area contributed by atoms with Gasteiger partial charge in [-0.05, 0) is 31.0 Å². The Balaban J connectivity index is 1.86. The lowest BCUT2D eigenvalue weighted by Gasteiger charge is -2.31. The van der Waals surface area contributed by atoms with E-state index in [-0.39, 0.29) is 11.2 Å². The summed E-state index contributed by atoms with van der Waals surface area (Å²) >= 11 is 6.46. The van der Waals surface area contributed by atoms with Crippen LogP contribution in [0.2, 0.25) is 5.15 Å². The molecule has 9 heteroatoms. The van der Waals surface area contributed by atoms with Gasteiger partial charge in [-0.25, -0.2) is 4.98 Å². The third-order valence-corrected chi connectivity index (χ3v) is 5.58. The molecule has 0 spiro atoms. The maximum absolute atomic E-state index is 12.0. The molecule has 3 aromatic rings. The first-order chi connectivity index (χ1) is 14.2. The molecule has 29 heavy (non-hydrogen) atoms. The molecular formula is C20H20ClN7O. The molecule has 1 aliphatic rings. The summed E-state index contributed by atoms with van der Waals surface area (Å²) in [7, 11) is 1.73. The lowest BCUT2D eigenvalue weighted by atomic mass is 9.94. The number of nitriles is 1. The summed E-state index contributed by atoms with van der Waals surface area (Å²) in [5.74, 6) is 0.743. The van der Waals surface area contributed by atoms with Gasteiger partial charge in [0.25, 0.3) is 0 Å². The van der Waals surface area contributed by atoms with E-state index >= 15 is 0 Å². The molecule has 2 aromatic heterocycles. The van der Waals surface area contributed by atoms with Crippen molar-refractivity contribution in [3.63, 3.8) is 0 Å². The number of carbonyl (C=O) groups is 1. The molecule has 0 atom stereocenters. The zero-order chi connectivity index (χ0) is 20.4. The van der Waals surface area contributed by atoms with E-state index in [2.05, 4.69) is 26.3 Å².